The first-order chi connectivity index (χ1) is 7.88. The van der Waals surface area contributed by atoms with Crippen LogP contribution < -0.4 is 5.32 Å². The average molecular weight is 224 g/mol. The minimum atomic E-state index is 0.227. The van der Waals surface area contributed by atoms with Gasteiger partial charge in [-0.3, -0.25) is 0 Å². The van der Waals surface area contributed by atoms with Crippen molar-refractivity contribution in [3.63, 3.8) is 0 Å². The highest BCUT2D eigenvalue weighted by Crippen LogP contribution is 2.23. The molecule has 0 saturated heterocycles. The largest absolute Gasteiger partial charge is 0.381 e. The summed E-state index contributed by atoms with van der Waals surface area (Å²) in [5, 5.41) is 12.5. The summed E-state index contributed by atoms with van der Waals surface area (Å²) >= 11 is 0. The summed E-state index contributed by atoms with van der Waals surface area (Å²) in [6.45, 7) is 4.80. The van der Waals surface area contributed by atoms with E-state index < -0.39 is 0 Å². The third-order valence-electron chi connectivity index (χ3n) is 3.15. The van der Waals surface area contributed by atoms with E-state index in [4.69, 9.17) is 10.00 Å². The van der Waals surface area contributed by atoms with E-state index in [-0.39, 0.29) is 5.92 Å². The molecule has 0 aromatic heterocycles. The third-order valence-corrected chi connectivity index (χ3v) is 3.15. The minimum Gasteiger partial charge on any atom is -0.381 e. The standard InChI is InChI=1S/C13H24N2O/c1-2-9-16-10-5-8-15-13-7-4-3-6-12(13)11-14/h12-13,15H,2-10H2,1H3. The van der Waals surface area contributed by atoms with Gasteiger partial charge in [0, 0.05) is 19.3 Å². The number of nitrogens with zero attached hydrogens (tertiary/aromatic N) is 1. The molecule has 1 saturated carbocycles. The van der Waals surface area contributed by atoms with Crippen molar-refractivity contribution in [2.24, 2.45) is 5.92 Å². The Hall–Kier alpha value is -0.590. The molecule has 1 aliphatic rings. The summed E-state index contributed by atoms with van der Waals surface area (Å²) in [5.74, 6) is 0.227. The van der Waals surface area contributed by atoms with Crippen LogP contribution in [0.1, 0.15) is 45.4 Å². The lowest BCUT2D eigenvalue weighted by atomic mass is 9.85. The van der Waals surface area contributed by atoms with Gasteiger partial charge in [0.05, 0.1) is 12.0 Å². The molecule has 2 unspecified atom stereocenters. The van der Waals surface area contributed by atoms with E-state index in [1.165, 1.54) is 12.8 Å². The second kappa shape index (κ2) is 8.55. The van der Waals surface area contributed by atoms with Gasteiger partial charge in [0.25, 0.3) is 0 Å². The summed E-state index contributed by atoms with van der Waals surface area (Å²) in [5.41, 5.74) is 0. The van der Waals surface area contributed by atoms with Crippen LogP contribution in [0.25, 0.3) is 0 Å². The Bertz CT molecular complexity index is 212. The van der Waals surface area contributed by atoms with Gasteiger partial charge in [0.15, 0.2) is 0 Å². The summed E-state index contributed by atoms with van der Waals surface area (Å²) in [7, 11) is 0. The van der Waals surface area contributed by atoms with Crippen LogP contribution in [0.3, 0.4) is 0 Å². The molecule has 1 rings (SSSR count). The molecule has 0 bridgehead atoms. The van der Waals surface area contributed by atoms with Gasteiger partial charge >= 0.3 is 0 Å². The van der Waals surface area contributed by atoms with E-state index in [1.54, 1.807) is 0 Å². The molecule has 92 valence electrons. The first-order valence-electron chi connectivity index (χ1n) is 6.59. The number of hydrogen-bond donors (Lipinski definition) is 1. The fraction of sp³-hybridized carbons (Fsp3) is 0.923. The van der Waals surface area contributed by atoms with Gasteiger partial charge in [-0.15, -0.1) is 0 Å². The summed E-state index contributed by atoms with van der Waals surface area (Å²) in [6, 6.07) is 2.84. The lowest BCUT2D eigenvalue weighted by molar-refractivity contribution is 0.130. The maximum absolute atomic E-state index is 9.02. The number of ether oxygens (including phenoxy) is 1. The fourth-order valence-corrected chi connectivity index (χ4v) is 2.24. The highest BCUT2D eigenvalue weighted by molar-refractivity contribution is 4.94. The lowest BCUT2D eigenvalue weighted by Crippen LogP contribution is -2.38. The summed E-state index contributed by atoms with van der Waals surface area (Å²) < 4.78 is 5.42. The maximum atomic E-state index is 9.02. The van der Waals surface area contributed by atoms with Gasteiger partial charge < -0.3 is 10.1 Å². The van der Waals surface area contributed by atoms with Gasteiger partial charge in [-0.1, -0.05) is 19.8 Å². The zero-order valence-corrected chi connectivity index (χ0v) is 10.4. The molecule has 0 aromatic rings. The zero-order chi connectivity index (χ0) is 11.6. The van der Waals surface area contributed by atoms with Crippen LogP contribution in [0.15, 0.2) is 0 Å². The number of rotatable bonds is 7. The Morgan fingerprint density at radius 2 is 2.12 bits per heavy atom. The second-order valence-electron chi connectivity index (χ2n) is 4.55. The van der Waals surface area contributed by atoms with E-state index in [1.807, 2.05) is 0 Å². The van der Waals surface area contributed by atoms with Gasteiger partial charge in [-0.25, -0.2) is 0 Å². The molecule has 0 radical (unpaired) electrons. The minimum absolute atomic E-state index is 0.227. The molecule has 1 N–H and O–H groups in total. The van der Waals surface area contributed by atoms with Gasteiger partial charge in [0.2, 0.25) is 0 Å². The van der Waals surface area contributed by atoms with Crippen molar-refractivity contribution in [2.45, 2.75) is 51.5 Å². The van der Waals surface area contributed by atoms with Crippen LogP contribution >= 0.6 is 0 Å². The van der Waals surface area contributed by atoms with Crippen molar-refractivity contribution in [2.75, 3.05) is 19.8 Å². The first kappa shape index (κ1) is 13.5. The highest BCUT2D eigenvalue weighted by Gasteiger charge is 2.23. The second-order valence-corrected chi connectivity index (χ2v) is 4.55. The molecule has 0 heterocycles. The SMILES string of the molecule is CCCOCCCNC1CCCCC1C#N. The first-order valence-corrected chi connectivity index (χ1v) is 6.59. The van der Waals surface area contributed by atoms with Crippen molar-refractivity contribution >= 4 is 0 Å². The lowest BCUT2D eigenvalue weighted by Gasteiger charge is -2.27. The van der Waals surface area contributed by atoms with Crippen molar-refractivity contribution in [1.82, 2.24) is 5.32 Å². The summed E-state index contributed by atoms with van der Waals surface area (Å²) in [6.07, 6.45) is 6.86. The predicted octanol–water partition coefficient (Wildman–Crippen LogP) is 2.48. The molecular formula is C13H24N2O. The zero-order valence-electron chi connectivity index (χ0n) is 10.4. The molecule has 1 fully saturated rings. The molecule has 3 heteroatoms. The molecule has 3 nitrogen and oxygen atoms in total. The molecule has 2 atom stereocenters. The fourth-order valence-electron chi connectivity index (χ4n) is 2.24. The quantitative estimate of drug-likeness (QED) is 0.676. The Morgan fingerprint density at radius 3 is 2.88 bits per heavy atom. The van der Waals surface area contributed by atoms with Crippen LogP contribution in [0.5, 0.6) is 0 Å². The Morgan fingerprint density at radius 1 is 1.31 bits per heavy atom. The molecule has 0 spiro atoms. The van der Waals surface area contributed by atoms with Crippen LogP contribution in [-0.4, -0.2) is 25.8 Å². The van der Waals surface area contributed by atoms with Crippen LogP contribution in [0.4, 0.5) is 0 Å². The number of nitrogens with one attached hydrogen (secondary N) is 1. The molecule has 16 heavy (non-hydrogen) atoms. The van der Waals surface area contributed by atoms with Gasteiger partial charge in [-0.05, 0) is 32.2 Å². The predicted molar refractivity (Wildman–Crippen MR) is 65.1 cm³/mol. The van der Waals surface area contributed by atoms with Crippen molar-refractivity contribution in [3.8, 4) is 6.07 Å². The number of nitriles is 1. The molecule has 0 amide bonds. The molecule has 0 aliphatic heterocycles. The molecular weight excluding hydrogens is 200 g/mol. The van der Waals surface area contributed by atoms with Gasteiger partial charge in [0.1, 0.15) is 0 Å². The van der Waals surface area contributed by atoms with E-state index >= 15 is 0 Å². The average Bonchev–Trinajstić information content (AvgIpc) is 2.34. The van der Waals surface area contributed by atoms with Crippen LogP contribution in [0.2, 0.25) is 0 Å². The maximum Gasteiger partial charge on any atom is 0.0672 e. The normalized spacial score (nSPS) is 25.2. The Kier molecular flexibility index (Phi) is 7.20. The smallest absolute Gasteiger partial charge is 0.0672 e. The highest BCUT2D eigenvalue weighted by atomic mass is 16.5. The summed E-state index contributed by atoms with van der Waals surface area (Å²) in [4.78, 5) is 0. The topological polar surface area (TPSA) is 45.0 Å². The Balaban J connectivity index is 2.04. The van der Waals surface area contributed by atoms with Crippen molar-refractivity contribution in [3.05, 3.63) is 0 Å². The van der Waals surface area contributed by atoms with E-state index in [9.17, 15) is 0 Å². The molecule has 0 aromatic carbocycles. The van der Waals surface area contributed by atoms with Crippen molar-refractivity contribution in [1.29, 1.82) is 5.26 Å². The monoisotopic (exact) mass is 224 g/mol. The Labute approximate surface area is 99.2 Å². The molecule has 1 aliphatic carbocycles. The number of hydrogen-bond acceptors (Lipinski definition) is 3. The third kappa shape index (κ3) is 4.96. The van der Waals surface area contributed by atoms with Crippen LogP contribution in [0, 0.1) is 17.2 Å². The van der Waals surface area contributed by atoms with E-state index in [0.29, 0.717) is 6.04 Å². The van der Waals surface area contributed by atoms with Crippen molar-refractivity contribution < 1.29 is 4.74 Å². The van der Waals surface area contributed by atoms with Crippen LogP contribution in [-0.2, 0) is 4.74 Å². The van der Waals surface area contributed by atoms with Gasteiger partial charge in [-0.2, -0.15) is 5.26 Å². The van der Waals surface area contributed by atoms with E-state index in [0.717, 1.165) is 45.4 Å². The van der Waals surface area contributed by atoms with E-state index in [2.05, 4.69) is 18.3 Å².